The van der Waals surface area contributed by atoms with Gasteiger partial charge in [-0.25, -0.2) is 40.5 Å². The number of nitrogens with zero attached hydrogens (tertiary/aromatic N) is 10. The summed E-state index contributed by atoms with van der Waals surface area (Å²) in [6.07, 6.45) is 0. The standard InChI is InChI=1S/C4H8N10O8/c15-11(16)5-1-2-6(12(17)18)10-8(14(21)22)4-3-7(9(5)10)13(19)20/h1-4H2. The summed E-state index contributed by atoms with van der Waals surface area (Å²) in [5.74, 6) is 0. The first-order valence-corrected chi connectivity index (χ1v) is 5.53. The predicted molar refractivity (Wildman–Crippen MR) is 58.5 cm³/mol. The van der Waals surface area contributed by atoms with Crippen molar-refractivity contribution in [1.29, 1.82) is 0 Å². The Morgan fingerprint density at radius 3 is 0.818 bits per heavy atom. The van der Waals surface area contributed by atoms with Gasteiger partial charge in [0.05, 0.1) is 0 Å². The average molecular weight is 324 g/mol. The predicted octanol–water partition coefficient (Wildman–Crippen LogP) is -2.83. The van der Waals surface area contributed by atoms with Crippen LogP contribution in [0.2, 0.25) is 0 Å². The third kappa shape index (κ3) is 2.26. The van der Waals surface area contributed by atoms with Gasteiger partial charge in [0, 0.05) is 0 Å². The number of hydrazine groups is 9. The number of hydrogen-bond acceptors (Lipinski definition) is 10. The van der Waals surface area contributed by atoms with Crippen LogP contribution in [-0.4, -0.2) is 77.2 Å². The lowest BCUT2D eigenvalue weighted by Gasteiger charge is -2.45. The monoisotopic (exact) mass is 324 g/mol. The second-order valence-electron chi connectivity index (χ2n) is 3.87. The highest BCUT2D eigenvalue weighted by atomic mass is 16.8. The van der Waals surface area contributed by atoms with Crippen LogP contribution < -0.4 is 0 Å². The lowest BCUT2D eigenvalue weighted by Crippen LogP contribution is -2.80. The number of nitro groups is 4. The molecule has 0 radical (unpaired) electrons. The summed E-state index contributed by atoms with van der Waals surface area (Å²) in [6.45, 7) is -2.39. The summed E-state index contributed by atoms with van der Waals surface area (Å²) < 4.78 is 0. The van der Waals surface area contributed by atoms with Crippen molar-refractivity contribution >= 4 is 0 Å². The molecule has 2 rings (SSSR count). The molecular weight excluding hydrogens is 316 g/mol. The molecule has 2 fully saturated rings. The summed E-state index contributed by atoms with van der Waals surface area (Å²) >= 11 is 0. The fraction of sp³-hybridized carbons (Fsp3) is 1.00. The van der Waals surface area contributed by atoms with Gasteiger partial charge in [-0.15, -0.1) is 0 Å². The van der Waals surface area contributed by atoms with E-state index in [-0.39, 0.29) is 30.9 Å². The van der Waals surface area contributed by atoms with E-state index in [0.29, 0.717) is 0 Å². The van der Waals surface area contributed by atoms with Crippen molar-refractivity contribution in [2.75, 3.05) is 26.2 Å². The zero-order valence-electron chi connectivity index (χ0n) is 10.6. The molecule has 0 unspecified atom stereocenters. The maximum absolute atomic E-state index is 11.0. The Labute approximate surface area is 119 Å². The zero-order valence-corrected chi connectivity index (χ0v) is 10.6. The molecule has 0 bridgehead atoms. The van der Waals surface area contributed by atoms with E-state index < -0.39 is 46.3 Å². The van der Waals surface area contributed by atoms with E-state index in [1.807, 2.05) is 0 Å². The van der Waals surface area contributed by atoms with Crippen LogP contribution in [0, 0.1) is 40.5 Å². The van der Waals surface area contributed by atoms with Crippen molar-refractivity contribution < 1.29 is 20.1 Å². The normalized spacial score (nSPS) is 19.8. The maximum atomic E-state index is 11.0. The van der Waals surface area contributed by atoms with E-state index in [0.717, 1.165) is 0 Å². The largest absolute Gasteiger partial charge is 0.233 e. The van der Waals surface area contributed by atoms with Gasteiger partial charge in [0.2, 0.25) is 0 Å². The summed E-state index contributed by atoms with van der Waals surface area (Å²) in [4.78, 5) is 43.9. The zero-order chi connectivity index (χ0) is 16.6. The van der Waals surface area contributed by atoms with Gasteiger partial charge in [0.25, 0.3) is 0 Å². The van der Waals surface area contributed by atoms with Gasteiger partial charge in [-0.05, 0) is 20.5 Å². The SMILES string of the molecule is O=[N+]([O-])N1CCN([N+](=O)[O-])N2N1N([N+](=O)[O-])CCN2[N+](=O)[O-]. The minimum atomic E-state index is -1.07. The molecule has 2 saturated heterocycles. The summed E-state index contributed by atoms with van der Waals surface area (Å²) in [6, 6.07) is 0. The van der Waals surface area contributed by atoms with Gasteiger partial charge in [0.15, 0.2) is 20.1 Å². The molecule has 0 aromatic carbocycles. The Morgan fingerprint density at radius 2 is 0.682 bits per heavy atom. The number of rotatable bonds is 4. The van der Waals surface area contributed by atoms with E-state index in [9.17, 15) is 40.5 Å². The van der Waals surface area contributed by atoms with Gasteiger partial charge in [-0.3, -0.25) is 0 Å². The summed E-state index contributed by atoms with van der Waals surface area (Å²) in [5, 5.41) is 40.5. The number of fused-ring (bicyclic) bond motifs is 1. The average Bonchev–Trinajstić information content (AvgIpc) is 2.43. The molecule has 22 heavy (non-hydrogen) atoms. The van der Waals surface area contributed by atoms with Crippen molar-refractivity contribution in [3.8, 4) is 0 Å². The van der Waals surface area contributed by atoms with Crippen LogP contribution in [0.25, 0.3) is 0 Å². The van der Waals surface area contributed by atoms with Crippen LogP contribution >= 0.6 is 0 Å². The van der Waals surface area contributed by atoms with Gasteiger partial charge >= 0.3 is 0 Å². The van der Waals surface area contributed by atoms with Crippen molar-refractivity contribution in [2.45, 2.75) is 0 Å². The Kier molecular flexibility index (Phi) is 3.61. The molecule has 18 nitrogen and oxygen atoms in total. The third-order valence-corrected chi connectivity index (χ3v) is 2.74. The molecule has 0 saturated carbocycles. The van der Waals surface area contributed by atoms with E-state index in [1.54, 1.807) is 0 Å². The first-order chi connectivity index (χ1) is 10.3. The molecule has 2 heterocycles. The topological polar surface area (TPSA) is 192 Å². The van der Waals surface area contributed by atoms with E-state index in [4.69, 9.17) is 0 Å². The van der Waals surface area contributed by atoms with Crippen LogP contribution in [0.3, 0.4) is 0 Å². The van der Waals surface area contributed by atoms with Crippen molar-refractivity contribution in [2.24, 2.45) is 0 Å². The molecule has 0 aromatic rings. The lowest BCUT2D eigenvalue weighted by atomic mass is 10.6. The first kappa shape index (κ1) is 15.1. The third-order valence-electron chi connectivity index (χ3n) is 2.74. The molecule has 0 aliphatic carbocycles. The second kappa shape index (κ2) is 5.25. The molecule has 0 N–H and O–H groups in total. The molecule has 0 aromatic heterocycles. The molecule has 122 valence electrons. The first-order valence-electron chi connectivity index (χ1n) is 5.53. The molecule has 18 heteroatoms. The summed E-state index contributed by atoms with van der Waals surface area (Å²) in [5.41, 5.74) is 0. The lowest BCUT2D eigenvalue weighted by molar-refractivity contribution is -0.906. The Bertz CT molecular complexity index is 435. The van der Waals surface area contributed by atoms with Crippen LogP contribution in [0.15, 0.2) is 0 Å². The Morgan fingerprint density at radius 1 is 0.500 bits per heavy atom. The summed E-state index contributed by atoms with van der Waals surface area (Å²) in [7, 11) is 0. The van der Waals surface area contributed by atoms with Crippen LogP contribution in [0.4, 0.5) is 0 Å². The fourth-order valence-electron chi connectivity index (χ4n) is 1.91. The fourth-order valence-corrected chi connectivity index (χ4v) is 1.91. The van der Waals surface area contributed by atoms with Gasteiger partial charge < -0.3 is 0 Å². The van der Waals surface area contributed by atoms with E-state index in [2.05, 4.69) is 0 Å². The minimum Gasteiger partial charge on any atom is -0.233 e. The highest BCUT2D eigenvalue weighted by Crippen LogP contribution is 2.23. The minimum absolute atomic E-state index is 0.124. The van der Waals surface area contributed by atoms with Crippen molar-refractivity contribution in [3.63, 3.8) is 0 Å². The second-order valence-corrected chi connectivity index (χ2v) is 3.87. The smallest absolute Gasteiger partial charge is 0.179 e. The maximum Gasteiger partial charge on any atom is 0.179 e. The molecule has 0 amide bonds. The van der Waals surface area contributed by atoms with E-state index >= 15 is 0 Å². The van der Waals surface area contributed by atoms with E-state index in [1.165, 1.54) is 0 Å². The Hall–Kier alpha value is -3.28. The van der Waals surface area contributed by atoms with Crippen LogP contribution in [0.1, 0.15) is 0 Å². The Balaban J connectivity index is 2.48. The van der Waals surface area contributed by atoms with Crippen molar-refractivity contribution in [1.82, 2.24) is 30.9 Å². The van der Waals surface area contributed by atoms with Crippen LogP contribution in [-0.2, 0) is 0 Å². The van der Waals surface area contributed by atoms with Gasteiger partial charge in [-0.1, -0.05) is 0 Å². The molecule has 0 atom stereocenters. The quantitative estimate of drug-likeness (QED) is 0.379. The van der Waals surface area contributed by atoms with Gasteiger partial charge in [0.1, 0.15) is 36.6 Å². The highest BCUT2D eigenvalue weighted by Gasteiger charge is 2.59. The molecule has 2 aliphatic rings. The van der Waals surface area contributed by atoms with Crippen LogP contribution in [0.5, 0.6) is 0 Å². The highest BCUT2D eigenvalue weighted by molar-refractivity contribution is 4.57. The number of hydrogen-bond donors (Lipinski definition) is 0. The molecule has 0 spiro atoms. The van der Waals surface area contributed by atoms with Gasteiger partial charge in [-0.2, -0.15) is 0 Å². The molecule has 2 aliphatic heterocycles. The van der Waals surface area contributed by atoms with Crippen molar-refractivity contribution in [3.05, 3.63) is 40.5 Å². The molecular formula is C4H8N10O8.